The normalized spacial score (nSPS) is 20.8. The molecule has 0 atom stereocenters. The second-order valence-electron chi connectivity index (χ2n) is 5.56. The summed E-state index contributed by atoms with van der Waals surface area (Å²) in [5, 5.41) is 3.12. The lowest BCUT2D eigenvalue weighted by Crippen LogP contribution is -2.47. The van der Waals surface area contributed by atoms with Crippen LogP contribution < -0.4 is 10.2 Å². The molecule has 0 radical (unpaired) electrons. The van der Waals surface area contributed by atoms with Crippen LogP contribution in [0, 0.1) is 5.82 Å². The van der Waals surface area contributed by atoms with Crippen LogP contribution in [0.5, 0.6) is 0 Å². The molecule has 0 unspecified atom stereocenters. The molecule has 1 aromatic carbocycles. The third-order valence-corrected chi connectivity index (χ3v) is 4.13. The fraction of sp³-hybridized carbons (Fsp3) is 0.600. The second kappa shape index (κ2) is 5.47. The smallest absolute Gasteiger partial charge is 0.123 e. The minimum Gasteiger partial charge on any atom is -0.369 e. The lowest BCUT2D eigenvalue weighted by atomic mass is 10.1. The van der Waals surface area contributed by atoms with Crippen molar-refractivity contribution < 1.29 is 4.39 Å². The zero-order chi connectivity index (χ0) is 13.2. The number of nitrogens with zero attached hydrogens (tertiary/aromatic N) is 2. The van der Waals surface area contributed by atoms with Gasteiger partial charge in [0, 0.05) is 44.5 Å². The molecule has 0 aromatic heterocycles. The molecule has 1 heterocycles. The molecule has 1 aromatic rings. The van der Waals surface area contributed by atoms with Crippen molar-refractivity contribution in [2.75, 3.05) is 38.1 Å². The molecule has 2 fully saturated rings. The van der Waals surface area contributed by atoms with Crippen LogP contribution in [0.2, 0.25) is 0 Å². The summed E-state index contributed by atoms with van der Waals surface area (Å²) < 4.78 is 13.4. The fourth-order valence-electron chi connectivity index (χ4n) is 2.96. The third kappa shape index (κ3) is 2.90. The number of piperazine rings is 1. The molecule has 1 saturated carbocycles. The Morgan fingerprint density at radius 3 is 2.58 bits per heavy atom. The Hall–Kier alpha value is -1.13. The molecule has 0 spiro atoms. The van der Waals surface area contributed by atoms with Crippen molar-refractivity contribution in [1.82, 2.24) is 10.2 Å². The summed E-state index contributed by atoms with van der Waals surface area (Å²) >= 11 is 0. The number of rotatable bonds is 4. The maximum atomic E-state index is 13.4. The van der Waals surface area contributed by atoms with Gasteiger partial charge in [-0.3, -0.25) is 4.90 Å². The third-order valence-electron chi connectivity index (χ3n) is 4.13. The van der Waals surface area contributed by atoms with Gasteiger partial charge in [-0.25, -0.2) is 4.39 Å². The van der Waals surface area contributed by atoms with Crippen LogP contribution in [0.4, 0.5) is 10.1 Å². The second-order valence-corrected chi connectivity index (χ2v) is 5.56. The molecule has 4 heteroatoms. The topological polar surface area (TPSA) is 18.5 Å². The van der Waals surface area contributed by atoms with Crippen molar-refractivity contribution in [1.29, 1.82) is 0 Å². The Morgan fingerprint density at radius 1 is 1.21 bits per heavy atom. The Bertz CT molecular complexity index is 437. The summed E-state index contributed by atoms with van der Waals surface area (Å²) in [4.78, 5) is 4.99. The highest BCUT2D eigenvalue weighted by atomic mass is 19.1. The van der Waals surface area contributed by atoms with E-state index in [2.05, 4.69) is 15.1 Å². The Kier molecular flexibility index (Phi) is 3.71. The molecule has 3 nitrogen and oxygen atoms in total. The van der Waals surface area contributed by atoms with Crippen molar-refractivity contribution >= 4 is 5.69 Å². The number of anilines is 1. The molecule has 3 rings (SSSR count). The highest BCUT2D eigenvalue weighted by Crippen LogP contribution is 2.29. The largest absolute Gasteiger partial charge is 0.369 e. The fourth-order valence-corrected chi connectivity index (χ4v) is 2.96. The average molecular weight is 263 g/mol. The number of hydrogen-bond acceptors (Lipinski definition) is 3. The van der Waals surface area contributed by atoms with Gasteiger partial charge in [0.15, 0.2) is 0 Å². The molecule has 1 aliphatic heterocycles. The number of halogens is 1. The van der Waals surface area contributed by atoms with Crippen molar-refractivity contribution in [2.24, 2.45) is 0 Å². The molecular formula is C15H22FN3. The first-order valence-electron chi connectivity index (χ1n) is 7.20. The monoisotopic (exact) mass is 263 g/mol. The van der Waals surface area contributed by atoms with Crippen molar-refractivity contribution in [3.63, 3.8) is 0 Å². The average Bonchev–Trinajstić information content (AvgIpc) is 3.24. The van der Waals surface area contributed by atoms with E-state index in [1.54, 1.807) is 12.1 Å². The van der Waals surface area contributed by atoms with Gasteiger partial charge in [-0.15, -0.1) is 0 Å². The summed E-state index contributed by atoms with van der Waals surface area (Å²) in [6, 6.07) is 6.00. The van der Waals surface area contributed by atoms with E-state index >= 15 is 0 Å². The molecule has 104 valence electrons. The van der Waals surface area contributed by atoms with Crippen LogP contribution in [0.25, 0.3) is 0 Å². The van der Waals surface area contributed by atoms with Crippen molar-refractivity contribution in [3.05, 3.63) is 29.6 Å². The van der Waals surface area contributed by atoms with Gasteiger partial charge < -0.3 is 10.2 Å². The highest BCUT2D eigenvalue weighted by Gasteiger charge is 2.31. The van der Waals surface area contributed by atoms with Gasteiger partial charge in [-0.1, -0.05) is 0 Å². The summed E-state index contributed by atoms with van der Waals surface area (Å²) in [5.41, 5.74) is 2.24. The molecule has 0 amide bonds. The quantitative estimate of drug-likeness (QED) is 0.894. The zero-order valence-electron chi connectivity index (χ0n) is 11.5. The summed E-state index contributed by atoms with van der Waals surface area (Å²) in [7, 11) is 1.90. The van der Waals surface area contributed by atoms with E-state index in [1.165, 1.54) is 18.5 Å². The number of benzene rings is 1. The minimum atomic E-state index is -0.148. The Morgan fingerprint density at radius 2 is 1.95 bits per heavy atom. The summed E-state index contributed by atoms with van der Waals surface area (Å²) in [5.74, 6) is -0.148. The van der Waals surface area contributed by atoms with E-state index in [1.807, 2.05) is 13.1 Å². The Balaban J connectivity index is 1.71. The predicted octanol–water partition coefficient (Wildman–Crippen LogP) is 1.83. The van der Waals surface area contributed by atoms with Crippen LogP contribution in [0.1, 0.15) is 18.4 Å². The van der Waals surface area contributed by atoms with E-state index < -0.39 is 0 Å². The van der Waals surface area contributed by atoms with E-state index in [0.717, 1.165) is 44.3 Å². The SMILES string of the molecule is CNCc1cc(F)ccc1N1CCN(C2CC2)CC1. The Labute approximate surface area is 114 Å². The van der Waals surface area contributed by atoms with E-state index in [-0.39, 0.29) is 5.82 Å². The minimum absolute atomic E-state index is 0.148. The van der Waals surface area contributed by atoms with Gasteiger partial charge in [0.05, 0.1) is 0 Å². The predicted molar refractivity (Wildman–Crippen MR) is 76.0 cm³/mol. The zero-order valence-corrected chi connectivity index (χ0v) is 11.5. The first kappa shape index (κ1) is 12.9. The van der Waals surface area contributed by atoms with Crippen molar-refractivity contribution in [2.45, 2.75) is 25.4 Å². The number of nitrogens with one attached hydrogen (secondary N) is 1. The molecule has 1 N–H and O–H groups in total. The first-order valence-corrected chi connectivity index (χ1v) is 7.20. The maximum Gasteiger partial charge on any atom is 0.123 e. The van der Waals surface area contributed by atoms with Gasteiger partial charge >= 0.3 is 0 Å². The first-order chi connectivity index (χ1) is 9.28. The van der Waals surface area contributed by atoms with Crippen LogP contribution in [-0.4, -0.2) is 44.2 Å². The van der Waals surface area contributed by atoms with Gasteiger partial charge in [0.2, 0.25) is 0 Å². The molecular weight excluding hydrogens is 241 g/mol. The van der Waals surface area contributed by atoms with Crippen LogP contribution in [-0.2, 0) is 6.54 Å². The van der Waals surface area contributed by atoms with Crippen LogP contribution in [0.15, 0.2) is 18.2 Å². The van der Waals surface area contributed by atoms with E-state index in [0.29, 0.717) is 0 Å². The van der Waals surface area contributed by atoms with E-state index in [4.69, 9.17) is 0 Å². The lowest BCUT2D eigenvalue weighted by Gasteiger charge is -2.37. The van der Waals surface area contributed by atoms with Gasteiger partial charge in [0.1, 0.15) is 5.82 Å². The number of hydrogen-bond donors (Lipinski definition) is 1. The standard InChI is InChI=1S/C15H22FN3/c1-17-11-12-10-13(16)2-5-15(12)19-8-6-18(7-9-19)14-3-4-14/h2,5,10,14,17H,3-4,6-9,11H2,1H3. The molecule has 2 aliphatic rings. The highest BCUT2D eigenvalue weighted by molar-refractivity contribution is 5.54. The molecule has 1 saturated heterocycles. The van der Waals surface area contributed by atoms with Crippen molar-refractivity contribution in [3.8, 4) is 0 Å². The van der Waals surface area contributed by atoms with Gasteiger partial charge in [-0.2, -0.15) is 0 Å². The maximum absolute atomic E-state index is 13.4. The lowest BCUT2D eigenvalue weighted by molar-refractivity contribution is 0.248. The molecule has 1 aliphatic carbocycles. The van der Waals surface area contributed by atoms with Crippen LogP contribution in [0.3, 0.4) is 0 Å². The van der Waals surface area contributed by atoms with E-state index in [9.17, 15) is 4.39 Å². The van der Waals surface area contributed by atoms with Gasteiger partial charge in [-0.05, 0) is 43.7 Å². The summed E-state index contributed by atoms with van der Waals surface area (Å²) in [6.07, 6.45) is 2.75. The van der Waals surface area contributed by atoms with Crippen LogP contribution >= 0.6 is 0 Å². The summed E-state index contributed by atoms with van der Waals surface area (Å²) in [6.45, 7) is 5.11. The van der Waals surface area contributed by atoms with Gasteiger partial charge in [0.25, 0.3) is 0 Å². The molecule has 19 heavy (non-hydrogen) atoms. The molecule has 0 bridgehead atoms.